The van der Waals surface area contributed by atoms with Gasteiger partial charge in [-0.3, -0.25) is 10.6 Å². The van der Waals surface area contributed by atoms with Crippen LogP contribution in [0, 0.1) is 0 Å². The van der Waals surface area contributed by atoms with Gasteiger partial charge in [0.05, 0.1) is 6.17 Å². The minimum Gasteiger partial charge on any atom is -0.296 e. The zero-order valence-electron chi connectivity index (χ0n) is 9.64. The quantitative estimate of drug-likeness (QED) is 0.819. The maximum Gasteiger partial charge on any atom is 0.0841 e. The number of hydrogen-bond donors (Lipinski definition) is 2. The summed E-state index contributed by atoms with van der Waals surface area (Å²) in [5, 5.41) is 7.12. The molecule has 1 saturated heterocycles. The molecule has 17 heavy (non-hydrogen) atoms. The summed E-state index contributed by atoms with van der Waals surface area (Å²) in [5.41, 5.74) is 2.64. The Labute approximate surface area is 102 Å². The van der Waals surface area contributed by atoms with Crippen LogP contribution in [0.1, 0.15) is 23.3 Å². The molecule has 1 aliphatic rings. The molecule has 2 aromatic carbocycles. The van der Waals surface area contributed by atoms with Crippen molar-refractivity contribution in [2.45, 2.75) is 12.2 Å². The summed E-state index contributed by atoms with van der Waals surface area (Å²) in [6.07, 6.45) is 0.265. The molecular weight excluding hydrogens is 208 g/mol. The second-order valence-corrected chi connectivity index (χ2v) is 4.38. The first-order valence-corrected chi connectivity index (χ1v) is 6.03. The van der Waals surface area contributed by atoms with Crippen LogP contribution in [0.5, 0.6) is 0 Å². The van der Waals surface area contributed by atoms with E-state index in [-0.39, 0.29) is 6.17 Å². The molecule has 0 spiro atoms. The van der Waals surface area contributed by atoms with Crippen LogP contribution in [0.15, 0.2) is 60.7 Å². The lowest BCUT2D eigenvalue weighted by Crippen LogP contribution is -2.21. The maximum absolute atomic E-state index is 3.61. The van der Waals surface area contributed by atoms with E-state index in [1.807, 2.05) is 6.07 Å². The summed E-state index contributed by atoms with van der Waals surface area (Å²) in [6.45, 7) is 0.976. The summed E-state index contributed by atoms with van der Waals surface area (Å²) in [7, 11) is 0. The topological polar surface area (TPSA) is 24.1 Å². The first-order valence-electron chi connectivity index (χ1n) is 6.03. The summed E-state index contributed by atoms with van der Waals surface area (Å²) >= 11 is 0. The van der Waals surface area contributed by atoms with Crippen LogP contribution in [0.4, 0.5) is 0 Å². The molecule has 0 radical (unpaired) electrons. The smallest absolute Gasteiger partial charge is 0.0841 e. The van der Waals surface area contributed by atoms with Gasteiger partial charge in [-0.05, 0) is 11.1 Å². The number of benzene rings is 2. The van der Waals surface area contributed by atoms with Crippen molar-refractivity contribution in [2.75, 3.05) is 6.54 Å². The average Bonchev–Trinajstić information content (AvgIpc) is 2.90. The Morgan fingerprint density at radius 1 is 0.765 bits per heavy atom. The van der Waals surface area contributed by atoms with E-state index in [0.29, 0.717) is 6.04 Å². The van der Waals surface area contributed by atoms with E-state index >= 15 is 0 Å². The predicted octanol–water partition coefficient (Wildman–Crippen LogP) is 2.62. The van der Waals surface area contributed by atoms with Crippen molar-refractivity contribution < 1.29 is 0 Å². The van der Waals surface area contributed by atoms with Gasteiger partial charge in [-0.15, -0.1) is 0 Å². The zero-order valence-corrected chi connectivity index (χ0v) is 9.64. The van der Waals surface area contributed by atoms with Gasteiger partial charge in [-0.25, -0.2) is 0 Å². The zero-order chi connectivity index (χ0) is 11.5. The lowest BCUT2D eigenvalue weighted by Gasteiger charge is -2.13. The normalized spacial score (nSPS) is 23.8. The summed E-state index contributed by atoms with van der Waals surface area (Å²) in [6, 6.07) is 21.5. The Kier molecular flexibility index (Phi) is 2.90. The summed E-state index contributed by atoms with van der Waals surface area (Å²) in [5.74, 6) is 0. The molecule has 1 aliphatic heterocycles. The Bertz CT molecular complexity index is 421. The molecule has 2 atom stereocenters. The van der Waals surface area contributed by atoms with Crippen LogP contribution in [-0.2, 0) is 0 Å². The highest BCUT2D eigenvalue weighted by molar-refractivity contribution is 5.24. The minimum absolute atomic E-state index is 0.265. The lowest BCUT2D eigenvalue weighted by molar-refractivity contribution is 0.554. The molecule has 3 rings (SSSR count). The Morgan fingerprint density at radius 2 is 1.35 bits per heavy atom. The van der Waals surface area contributed by atoms with Gasteiger partial charge >= 0.3 is 0 Å². The molecule has 2 unspecified atom stereocenters. The first-order chi connectivity index (χ1) is 8.43. The summed E-state index contributed by atoms with van der Waals surface area (Å²) < 4.78 is 0. The Morgan fingerprint density at radius 3 is 2.00 bits per heavy atom. The van der Waals surface area contributed by atoms with Gasteiger partial charge in [0.1, 0.15) is 0 Å². The minimum atomic E-state index is 0.265. The van der Waals surface area contributed by atoms with Crippen LogP contribution in [0.2, 0.25) is 0 Å². The van der Waals surface area contributed by atoms with E-state index in [0.717, 1.165) is 6.54 Å². The maximum atomic E-state index is 3.61. The van der Waals surface area contributed by atoms with Crippen LogP contribution < -0.4 is 10.6 Å². The second-order valence-electron chi connectivity index (χ2n) is 4.38. The molecule has 2 N–H and O–H groups in total. The summed E-state index contributed by atoms with van der Waals surface area (Å²) in [4.78, 5) is 0. The van der Waals surface area contributed by atoms with Gasteiger partial charge in [0.15, 0.2) is 0 Å². The van der Waals surface area contributed by atoms with E-state index in [1.54, 1.807) is 0 Å². The Hall–Kier alpha value is -1.64. The van der Waals surface area contributed by atoms with E-state index in [9.17, 15) is 0 Å². The fourth-order valence-corrected chi connectivity index (χ4v) is 2.31. The van der Waals surface area contributed by atoms with Gasteiger partial charge in [0, 0.05) is 12.6 Å². The monoisotopic (exact) mass is 224 g/mol. The van der Waals surface area contributed by atoms with Gasteiger partial charge in [-0.2, -0.15) is 0 Å². The third-order valence-electron chi connectivity index (χ3n) is 3.23. The highest BCUT2D eigenvalue weighted by atomic mass is 15.2. The van der Waals surface area contributed by atoms with Gasteiger partial charge in [0.2, 0.25) is 0 Å². The van der Waals surface area contributed by atoms with Gasteiger partial charge < -0.3 is 0 Å². The van der Waals surface area contributed by atoms with Crippen LogP contribution in [0.25, 0.3) is 0 Å². The van der Waals surface area contributed by atoms with Gasteiger partial charge in [-0.1, -0.05) is 60.7 Å². The molecule has 86 valence electrons. The van der Waals surface area contributed by atoms with E-state index in [4.69, 9.17) is 0 Å². The molecule has 2 nitrogen and oxygen atoms in total. The van der Waals surface area contributed by atoms with Crippen molar-refractivity contribution >= 4 is 0 Å². The molecule has 1 heterocycles. The molecular formula is C15H16N2. The third kappa shape index (κ3) is 2.23. The van der Waals surface area contributed by atoms with Crippen molar-refractivity contribution in [1.82, 2.24) is 10.6 Å². The second kappa shape index (κ2) is 4.70. The number of nitrogens with one attached hydrogen (secondary N) is 2. The van der Waals surface area contributed by atoms with Crippen molar-refractivity contribution in [3.63, 3.8) is 0 Å². The fraction of sp³-hybridized carbons (Fsp3) is 0.200. The largest absolute Gasteiger partial charge is 0.296 e. The average molecular weight is 224 g/mol. The fourth-order valence-electron chi connectivity index (χ4n) is 2.31. The number of rotatable bonds is 2. The molecule has 0 aliphatic carbocycles. The molecule has 0 saturated carbocycles. The molecule has 2 heteroatoms. The highest BCUT2D eigenvalue weighted by Gasteiger charge is 2.24. The standard InChI is InChI=1S/C15H16N2/c1-3-7-12(8-4-1)14-11-16-15(17-14)13-9-5-2-6-10-13/h1-10,14-17H,11H2. The van der Waals surface area contributed by atoms with Crippen molar-refractivity contribution in [3.8, 4) is 0 Å². The lowest BCUT2D eigenvalue weighted by atomic mass is 10.1. The van der Waals surface area contributed by atoms with Crippen molar-refractivity contribution in [3.05, 3.63) is 71.8 Å². The van der Waals surface area contributed by atoms with Gasteiger partial charge in [0.25, 0.3) is 0 Å². The van der Waals surface area contributed by atoms with Crippen LogP contribution in [-0.4, -0.2) is 6.54 Å². The van der Waals surface area contributed by atoms with E-state index in [1.165, 1.54) is 11.1 Å². The van der Waals surface area contributed by atoms with Crippen LogP contribution in [0.3, 0.4) is 0 Å². The molecule has 0 aromatic heterocycles. The molecule has 1 fully saturated rings. The molecule has 2 aromatic rings. The van der Waals surface area contributed by atoms with E-state index < -0.39 is 0 Å². The van der Waals surface area contributed by atoms with E-state index in [2.05, 4.69) is 65.2 Å². The van der Waals surface area contributed by atoms with Crippen LogP contribution >= 0.6 is 0 Å². The molecule has 0 amide bonds. The third-order valence-corrected chi connectivity index (χ3v) is 3.23. The highest BCUT2D eigenvalue weighted by Crippen LogP contribution is 2.23. The predicted molar refractivity (Wildman–Crippen MR) is 69.5 cm³/mol. The first kappa shape index (κ1) is 10.5. The Balaban J connectivity index is 1.75. The SMILES string of the molecule is c1ccc(C2CNC(c3ccccc3)N2)cc1. The van der Waals surface area contributed by atoms with Crippen molar-refractivity contribution in [1.29, 1.82) is 0 Å². The molecule has 0 bridgehead atoms. The number of hydrogen-bond acceptors (Lipinski definition) is 2. The van der Waals surface area contributed by atoms with Crippen molar-refractivity contribution in [2.24, 2.45) is 0 Å².